The molecule has 1 aromatic rings. The van der Waals surface area contributed by atoms with Gasteiger partial charge in [0.15, 0.2) is 0 Å². The molecule has 0 aliphatic rings. The maximum atomic E-state index is 11.0. The summed E-state index contributed by atoms with van der Waals surface area (Å²) in [6, 6.07) is 8.77. The van der Waals surface area contributed by atoms with Crippen LogP contribution in [0.1, 0.15) is 23.2 Å². The first-order valence-electron chi connectivity index (χ1n) is 6.39. The summed E-state index contributed by atoms with van der Waals surface area (Å²) in [6.07, 6.45) is 2.48. The molecule has 0 spiro atoms. The summed E-state index contributed by atoms with van der Waals surface area (Å²) in [4.78, 5) is 11.0. The third kappa shape index (κ3) is 8.42. The van der Waals surface area contributed by atoms with E-state index >= 15 is 0 Å². The van der Waals surface area contributed by atoms with E-state index in [2.05, 4.69) is 11.3 Å². The standard InChI is InChI=1S/C9H8O2.C6H14O3/c1-2-11-9(10)8-6-4-3-5-7-8;7-3-1-2-6(4-8)5-9/h2-7H,1H2;6-9H,1-5H2. The molecule has 0 amide bonds. The zero-order valence-corrected chi connectivity index (χ0v) is 11.4. The summed E-state index contributed by atoms with van der Waals surface area (Å²) in [6.45, 7) is 3.44. The Bertz CT molecular complexity index is 360. The molecular formula is C15H22O5. The highest BCUT2D eigenvalue weighted by atomic mass is 16.5. The van der Waals surface area contributed by atoms with Gasteiger partial charge in [0.2, 0.25) is 0 Å². The number of carbonyl (C=O) groups excluding carboxylic acids is 1. The first-order chi connectivity index (χ1) is 9.69. The summed E-state index contributed by atoms with van der Waals surface area (Å²) in [5.41, 5.74) is 0.535. The van der Waals surface area contributed by atoms with Crippen molar-refractivity contribution in [1.82, 2.24) is 0 Å². The fraction of sp³-hybridized carbons (Fsp3) is 0.400. The van der Waals surface area contributed by atoms with Crippen molar-refractivity contribution in [2.24, 2.45) is 5.92 Å². The maximum Gasteiger partial charge on any atom is 0.342 e. The van der Waals surface area contributed by atoms with E-state index in [1.807, 2.05) is 6.07 Å². The van der Waals surface area contributed by atoms with Gasteiger partial charge in [0.05, 0.1) is 11.8 Å². The predicted molar refractivity (Wildman–Crippen MR) is 76.0 cm³/mol. The molecule has 0 aromatic heterocycles. The van der Waals surface area contributed by atoms with Gasteiger partial charge >= 0.3 is 5.97 Å². The molecule has 0 aliphatic carbocycles. The van der Waals surface area contributed by atoms with Crippen molar-refractivity contribution in [3.8, 4) is 0 Å². The topological polar surface area (TPSA) is 87.0 Å². The van der Waals surface area contributed by atoms with Gasteiger partial charge in [-0.25, -0.2) is 4.79 Å². The van der Waals surface area contributed by atoms with Gasteiger partial charge in [-0.05, 0) is 25.0 Å². The number of hydrogen-bond donors (Lipinski definition) is 3. The monoisotopic (exact) mass is 282 g/mol. The maximum absolute atomic E-state index is 11.0. The molecule has 1 rings (SSSR count). The summed E-state index contributed by atoms with van der Waals surface area (Å²) >= 11 is 0. The molecule has 5 nitrogen and oxygen atoms in total. The second-order valence-corrected chi connectivity index (χ2v) is 4.04. The van der Waals surface area contributed by atoms with Crippen molar-refractivity contribution in [3.63, 3.8) is 0 Å². The number of hydrogen-bond acceptors (Lipinski definition) is 5. The smallest absolute Gasteiger partial charge is 0.342 e. The van der Waals surface area contributed by atoms with E-state index in [-0.39, 0.29) is 31.7 Å². The molecule has 5 heteroatoms. The molecule has 112 valence electrons. The number of ether oxygens (including phenoxy) is 1. The van der Waals surface area contributed by atoms with Crippen LogP contribution in [0.4, 0.5) is 0 Å². The van der Waals surface area contributed by atoms with Crippen LogP contribution in [-0.2, 0) is 4.74 Å². The molecular weight excluding hydrogens is 260 g/mol. The van der Waals surface area contributed by atoms with E-state index in [0.29, 0.717) is 18.4 Å². The first-order valence-corrected chi connectivity index (χ1v) is 6.39. The Morgan fingerprint density at radius 2 is 1.80 bits per heavy atom. The SMILES string of the molecule is C=COC(=O)c1ccccc1.OCCCC(CO)CO. The lowest BCUT2D eigenvalue weighted by molar-refractivity contribution is 0.0664. The van der Waals surface area contributed by atoms with Gasteiger partial charge in [-0.1, -0.05) is 24.8 Å². The average Bonchev–Trinajstić information content (AvgIpc) is 2.50. The van der Waals surface area contributed by atoms with Crippen LogP contribution < -0.4 is 0 Å². The molecule has 0 radical (unpaired) electrons. The first kappa shape index (κ1) is 18.3. The van der Waals surface area contributed by atoms with E-state index < -0.39 is 0 Å². The fourth-order valence-corrected chi connectivity index (χ4v) is 1.34. The summed E-state index contributed by atoms with van der Waals surface area (Å²) < 4.78 is 4.55. The lowest BCUT2D eigenvalue weighted by Crippen LogP contribution is -2.11. The molecule has 0 aliphatic heterocycles. The van der Waals surface area contributed by atoms with Crippen LogP contribution in [0.5, 0.6) is 0 Å². The number of rotatable bonds is 7. The van der Waals surface area contributed by atoms with Crippen LogP contribution in [0.15, 0.2) is 43.2 Å². The van der Waals surface area contributed by atoms with Crippen LogP contribution in [0.2, 0.25) is 0 Å². The number of carbonyl (C=O) groups is 1. The normalized spacial score (nSPS) is 9.60. The van der Waals surface area contributed by atoms with Crippen molar-refractivity contribution in [1.29, 1.82) is 0 Å². The van der Waals surface area contributed by atoms with Gasteiger partial charge in [0.25, 0.3) is 0 Å². The van der Waals surface area contributed by atoms with Crippen molar-refractivity contribution < 1.29 is 24.9 Å². The zero-order chi connectivity index (χ0) is 15.2. The van der Waals surface area contributed by atoms with Gasteiger partial charge in [0.1, 0.15) is 0 Å². The summed E-state index contributed by atoms with van der Waals surface area (Å²) in [7, 11) is 0. The van der Waals surface area contributed by atoms with Gasteiger partial charge in [-0.3, -0.25) is 0 Å². The molecule has 0 unspecified atom stereocenters. The number of benzene rings is 1. The molecule has 0 bridgehead atoms. The Morgan fingerprint density at radius 1 is 1.20 bits per heavy atom. The molecule has 0 saturated carbocycles. The van der Waals surface area contributed by atoms with Crippen LogP contribution in [0.25, 0.3) is 0 Å². The minimum absolute atomic E-state index is 0.0104. The van der Waals surface area contributed by atoms with E-state index in [0.717, 1.165) is 6.26 Å². The van der Waals surface area contributed by atoms with Gasteiger partial charge in [-0.15, -0.1) is 0 Å². The lowest BCUT2D eigenvalue weighted by atomic mass is 10.1. The van der Waals surface area contributed by atoms with Crippen LogP contribution >= 0.6 is 0 Å². The molecule has 0 heterocycles. The highest BCUT2D eigenvalue weighted by molar-refractivity contribution is 5.89. The van der Waals surface area contributed by atoms with E-state index in [1.54, 1.807) is 24.3 Å². The Hall–Kier alpha value is -1.69. The Morgan fingerprint density at radius 3 is 2.25 bits per heavy atom. The highest BCUT2D eigenvalue weighted by Gasteiger charge is 2.03. The zero-order valence-electron chi connectivity index (χ0n) is 11.4. The molecule has 0 atom stereocenters. The lowest BCUT2D eigenvalue weighted by Gasteiger charge is -2.07. The van der Waals surface area contributed by atoms with Crippen molar-refractivity contribution >= 4 is 5.97 Å². The molecule has 0 saturated heterocycles. The van der Waals surface area contributed by atoms with Gasteiger partial charge in [0, 0.05) is 25.7 Å². The van der Waals surface area contributed by atoms with Gasteiger partial charge < -0.3 is 20.1 Å². The summed E-state index contributed by atoms with van der Waals surface area (Å²) in [5.74, 6) is -0.419. The number of aliphatic hydroxyl groups is 3. The molecule has 0 fully saturated rings. The molecule has 1 aromatic carbocycles. The minimum atomic E-state index is -0.374. The minimum Gasteiger partial charge on any atom is -0.432 e. The van der Waals surface area contributed by atoms with Crippen LogP contribution in [0, 0.1) is 5.92 Å². The fourth-order valence-electron chi connectivity index (χ4n) is 1.34. The largest absolute Gasteiger partial charge is 0.432 e. The molecule has 3 N–H and O–H groups in total. The second-order valence-electron chi connectivity index (χ2n) is 4.04. The number of esters is 1. The molecule has 20 heavy (non-hydrogen) atoms. The Kier molecular flexibility index (Phi) is 11.3. The van der Waals surface area contributed by atoms with E-state index in [4.69, 9.17) is 15.3 Å². The Balaban J connectivity index is 0.000000370. The van der Waals surface area contributed by atoms with Crippen LogP contribution in [0.3, 0.4) is 0 Å². The van der Waals surface area contributed by atoms with E-state index in [9.17, 15) is 4.79 Å². The Labute approximate surface area is 119 Å². The highest BCUT2D eigenvalue weighted by Crippen LogP contribution is 2.02. The van der Waals surface area contributed by atoms with Crippen molar-refractivity contribution in [2.45, 2.75) is 12.8 Å². The van der Waals surface area contributed by atoms with Gasteiger partial charge in [-0.2, -0.15) is 0 Å². The third-order valence-corrected chi connectivity index (χ3v) is 2.49. The predicted octanol–water partition coefficient (Wildman–Crippen LogP) is 1.35. The number of aliphatic hydroxyl groups excluding tert-OH is 3. The summed E-state index contributed by atoms with van der Waals surface area (Å²) in [5, 5.41) is 25.4. The van der Waals surface area contributed by atoms with Crippen molar-refractivity contribution in [2.75, 3.05) is 19.8 Å². The average molecular weight is 282 g/mol. The van der Waals surface area contributed by atoms with Crippen LogP contribution in [-0.4, -0.2) is 41.1 Å². The van der Waals surface area contributed by atoms with E-state index in [1.165, 1.54) is 0 Å². The van der Waals surface area contributed by atoms with Crippen molar-refractivity contribution in [3.05, 3.63) is 48.7 Å². The quantitative estimate of drug-likeness (QED) is 0.519. The third-order valence-electron chi connectivity index (χ3n) is 2.49. The second kappa shape index (κ2) is 12.3.